The van der Waals surface area contributed by atoms with Crippen LogP contribution in [0.4, 0.5) is 11.4 Å². The van der Waals surface area contributed by atoms with Crippen molar-refractivity contribution in [2.24, 2.45) is 0 Å². The molecule has 2 aromatic carbocycles. The van der Waals surface area contributed by atoms with Gasteiger partial charge in [0.15, 0.2) is 0 Å². The van der Waals surface area contributed by atoms with E-state index in [2.05, 4.69) is 56.4 Å². The van der Waals surface area contributed by atoms with Crippen molar-refractivity contribution in [1.29, 1.82) is 0 Å². The van der Waals surface area contributed by atoms with Gasteiger partial charge in [0, 0.05) is 11.4 Å². The first kappa shape index (κ1) is 13.5. The highest BCUT2D eigenvalue weighted by Gasteiger charge is 2.03. The maximum absolute atomic E-state index is 5.50. The summed E-state index contributed by atoms with van der Waals surface area (Å²) in [5.74, 6) is 0.922. The fourth-order valence-corrected chi connectivity index (χ4v) is 2.13. The molecule has 0 spiro atoms. The van der Waals surface area contributed by atoms with E-state index < -0.39 is 0 Å². The zero-order valence-corrected chi connectivity index (χ0v) is 12.1. The number of benzene rings is 2. The van der Waals surface area contributed by atoms with E-state index in [0.717, 1.165) is 17.1 Å². The van der Waals surface area contributed by atoms with Crippen molar-refractivity contribution in [2.45, 2.75) is 27.7 Å². The molecule has 0 heterocycles. The lowest BCUT2D eigenvalue weighted by molar-refractivity contribution is 0.340. The first-order valence-electron chi connectivity index (χ1n) is 6.68. The van der Waals surface area contributed by atoms with Gasteiger partial charge >= 0.3 is 0 Å². The van der Waals surface area contributed by atoms with Gasteiger partial charge in [0.05, 0.1) is 6.61 Å². The second-order valence-electron chi connectivity index (χ2n) is 4.85. The Morgan fingerprint density at radius 1 is 0.895 bits per heavy atom. The van der Waals surface area contributed by atoms with E-state index in [1.54, 1.807) is 0 Å². The SMILES string of the molecule is CCOc1ccc(Nc2ccc(C)cc2C)c(C)c1. The molecule has 0 aliphatic carbocycles. The number of hydrogen-bond acceptors (Lipinski definition) is 2. The second kappa shape index (κ2) is 5.79. The summed E-state index contributed by atoms with van der Waals surface area (Å²) in [6.45, 7) is 9.02. The lowest BCUT2D eigenvalue weighted by Gasteiger charge is -2.13. The average Bonchev–Trinajstić information content (AvgIpc) is 2.36. The predicted octanol–water partition coefficient (Wildman–Crippen LogP) is 4.75. The highest BCUT2D eigenvalue weighted by atomic mass is 16.5. The van der Waals surface area contributed by atoms with E-state index in [4.69, 9.17) is 4.74 Å². The molecule has 0 aliphatic heterocycles. The third kappa shape index (κ3) is 3.28. The fourth-order valence-electron chi connectivity index (χ4n) is 2.13. The highest BCUT2D eigenvalue weighted by Crippen LogP contribution is 2.26. The molecule has 100 valence electrons. The van der Waals surface area contributed by atoms with Crippen molar-refractivity contribution in [2.75, 3.05) is 11.9 Å². The molecule has 0 amide bonds. The molecule has 0 saturated heterocycles. The summed E-state index contributed by atoms with van der Waals surface area (Å²) in [6.07, 6.45) is 0. The number of anilines is 2. The van der Waals surface area contributed by atoms with Crippen LogP contribution in [0.5, 0.6) is 5.75 Å². The van der Waals surface area contributed by atoms with Crippen molar-refractivity contribution in [3.8, 4) is 5.75 Å². The zero-order chi connectivity index (χ0) is 13.8. The van der Waals surface area contributed by atoms with Gasteiger partial charge in [0.25, 0.3) is 0 Å². The average molecular weight is 255 g/mol. The molecule has 2 aromatic rings. The van der Waals surface area contributed by atoms with E-state index in [1.165, 1.54) is 16.7 Å². The van der Waals surface area contributed by atoms with Crippen molar-refractivity contribution >= 4 is 11.4 Å². The Hall–Kier alpha value is -1.96. The quantitative estimate of drug-likeness (QED) is 0.851. The molecule has 1 N–H and O–H groups in total. The van der Waals surface area contributed by atoms with Gasteiger partial charge in [0.1, 0.15) is 5.75 Å². The number of hydrogen-bond donors (Lipinski definition) is 1. The minimum atomic E-state index is 0.698. The maximum atomic E-state index is 5.50. The summed E-state index contributed by atoms with van der Waals surface area (Å²) in [5, 5.41) is 3.48. The van der Waals surface area contributed by atoms with Gasteiger partial charge in [-0.2, -0.15) is 0 Å². The van der Waals surface area contributed by atoms with Gasteiger partial charge in [-0.1, -0.05) is 17.7 Å². The number of nitrogens with one attached hydrogen (secondary N) is 1. The molecular weight excluding hydrogens is 234 g/mol. The van der Waals surface area contributed by atoms with Crippen LogP contribution < -0.4 is 10.1 Å². The van der Waals surface area contributed by atoms with Crippen molar-refractivity contribution in [1.82, 2.24) is 0 Å². The molecule has 0 fully saturated rings. The molecule has 0 saturated carbocycles. The largest absolute Gasteiger partial charge is 0.494 e. The lowest BCUT2D eigenvalue weighted by atomic mass is 10.1. The predicted molar refractivity (Wildman–Crippen MR) is 81.5 cm³/mol. The Morgan fingerprint density at radius 2 is 1.53 bits per heavy atom. The van der Waals surface area contributed by atoms with Gasteiger partial charge in [-0.05, 0) is 63.1 Å². The van der Waals surface area contributed by atoms with Crippen LogP contribution in [0, 0.1) is 20.8 Å². The van der Waals surface area contributed by atoms with E-state index in [-0.39, 0.29) is 0 Å². The minimum Gasteiger partial charge on any atom is -0.494 e. The Morgan fingerprint density at radius 3 is 2.11 bits per heavy atom. The van der Waals surface area contributed by atoms with E-state index in [9.17, 15) is 0 Å². The summed E-state index contributed by atoms with van der Waals surface area (Å²) in [7, 11) is 0. The maximum Gasteiger partial charge on any atom is 0.119 e. The van der Waals surface area contributed by atoms with Crippen LogP contribution in [0.2, 0.25) is 0 Å². The third-order valence-electron chi connectivity index (χ3n) is 3.16. The molecule has 2 nitrogen and oxygen atoms in total. The van der Waals surface area contributed by atoms with Gasteiger partial charge in [-0.15, -0.1) is 0 Å². The molecule has 19 heavy (non-hydrogen) atoms. The second-order valence-corrected chi connectivity index (χ2v) is 4.85. The summed E-state index contributed by atoms with van der Waals surface area (Å²) in [6, 6.07) is 12.6. The van der Waals surface area contributed by atoms with Crippen LogP contribution in [-0.2, 0) is 0 Å². The van der Waals surface area contributed by atoms with Crippen LogP contribution in [0.25, 0.3) is 0 Å². The van der Waals surface area contributed by atoms with E-state index in [1.807, 2.05) is 13.0 Å². The Kier molecular flexibility index (Phi) is 4.10. The van der Waals surface area contributed by atoms with Gasteiger partial charge in [-0.25, -0.2) is 0 Å². The molecule has 2 rings (SSSR count). The Bertz CT molecular complexity index is 575. The standard InChI is InChI=1S/C17H21NO/c1-5-19-15-7-9-17(14(4)11-15)18-16-8-6-12(2)10-13(16)3/h6-11,18H,5H2,1-4H3. The van der Waals surface area contributed by atoms with Gasteiger partial charge in [0.2, 0.25) is 0 Å². The molecular formula is C17H21NO. The molecule has 2 heteroatoms. The Labute approximate surface area is 115 Å². The molecule has 0 atom stereocenters. The topological polar surface area (TPSA) is 21.3 Å². The lowest BCUT2D eigenvalue weighted by Crippen LogP contribution is -1.97. The summed E-state index contributed by atoms with van der Waals surface area (Å²) >= 11 is 0. The van der Waals surface area contributed by atoms with E-state index in [0.29, 0.717) is 6.61 Å². The highest BCUT2D eigenvalue weighted by molar-refractivity contribution is 5.66. The van der Waals surface area contributed by atoms with Crippen LogP contribution in [0.1, 0.15) is 23.6 Å². The van der Waals surface area contributed by atoms with Gasteiger partial charge in [-0.3, -0.25) is 0 Å². The number of rotatable bonds is 4. The van der Waals surface area contributed by atoms with Crippen LogP contribution in [-0.4, -0.2) is 6.61 Å². The molecule has 0 aliphatic rings. The first-order chi connectivity index (χ1) is 9.10. The van der Waals surface area contributed by atoms with E-state index >= 15 is 0 Å². The molecule has 0 unspecified atom stereocenters. The van der Waals surface area contributed by atoms with Crippen LogP contribution in [0.3, 0.4) is 0 Å². The van der Waals surface area contributed by atoms with Gasteiger partial charge < -0.3 is 10.1 Å². The van der Waals surface area contributed by atoms with Crippen LogP contribution >= 0.6 is 0 Å². The molecule has 0 radical (unpaired) electrons. The number of aryl methyl sites for hydroxylation is 3. The zero-order valence-electron chi connectivity index (χ0n) is 12.1. The summed E-state index contributed by atoms with van der Waals surface area (Å²) in [5.41, 5.74) is 6.00. The molecule has 0 aromatic heterocycles. The fraction of sp³-hybridized carbons (Fsp3) is 0.294. The van der Waals surface area contributed by atoms with Crippen molar-refractivity contribution in [3.05, 3.63) is 53.1 Å². The van der Waals surface area contributed by atoms with Crippen LogP contribution in [0.15, 0.2) is 36.4 Å². The Balaban J connectivity index is 2.23. The molecule has 0 bridgehead atoms. The van der Waals surface area contributed by atoms with Crippen molar-refractivity contribution < 1.29 is 4.74 Å². The number of ether oxygens (including phenoxy) is 1. The summed E-state index contributed by atoms with van der Waals surface area (Å²) < 4.78 is 5.50. The normalized spacial score (nSPS) is 10.3. The first-order valence-corrected chi connectivity index (χ1v) is 6.68. The smallest absolute Gasteiger partial charge is 0.119 e. The minimum absolute atomic E-state index is 0.698. The monoisotopic (exact) mass is 255 g/mol. The summed E-state index contributed by atoms with van der Waals surface area (Å²) in [4.78, 5) is 0. The third-order valence-corrected chi connectivity index (χ3v) is 3.16. The van der Waals surface area contributed by atoms with Crippen molar-refractivity contribution in [3.63, 3.8) is 0 Å².